The van der Waals surface area contributed by atoms with Crippen LogP contribution in [0, 0.1) is 6.92 Å². The predicted octanol–water partition coefficient (Wildman–Crippen LogP) is 3.56. The first-order chi connectivity index (χ1) is 9.10. The molecule has 0 aliphatic carbocycles. The quantitative estimate of drug-likeness (QED) is 0.849. The maximum atomic E-state index is 9.48. The molecule has 2 aromatic rings. The van der Waals surface area contributed by atoms with Gasteiger partial charge in [0.1, 0.15) is 0 Å². The lowest BCUT2D eigenvalue weighted by molar-refractivity contribution is 0.199. The van der Waals surface area contributed by atoms with E-state index in [-0.39, 0.29) is 0 Å². The average molecular weight is 276 g/mol. The summed E-state index contributed by atoms with van der Waals surface area (Å²) in [6, 6.07) is 10.2. The minimum absolute atomic E-state index is 0.400. The van der Waals surface area contributed by atoms with E-state index in [2.05, 4.69) is 30.2 Å². The largest absolute Gasteiger partial charge is 0.389 e. The first-order valence-electron chi connectivity index (χ1n) is 6.54. The molecule has 0 aliphatic heterocycles. The molecule has 0 saturated heterocycles. The second kappa shape index (κ2) is 6.26. The molecule has 2 rings (SSSR count). The highest BCUT2D eigenvalue weighted by Crippen LogP contribution is 2.24. The van der Waals surface area contributed by atoms with Gasteiger partial charge in [0.05, 0.1) is 11.8 Å². The van der Waals surface area contributed by atoms with Crippen molar-refractivity contribution in [2.75, 3.05) is 0 Å². The van der Waals surface area contributed by atoms with Crippen molar-refractivity contribution in [3.63, 3.8) is 0 Å². The van der Waals surface area contributed by atoms with Crippen LogP contribution < -0.4 is 0 Å². The molecule has 0 aliphatic rings. The molecular weight excluding hydrogens is 256 g/mol. The Kier molecular flexibility index (Phi) is 4.66. The molecule has 102 valence electrons. The molecule has 1 aromatic heterocycles. The topological polar surface area (TPSA) is 38.0 Å². The minimum atomic E-state index is -0.400. The Morgan fingerprint density at radius 1 is 1.32 bits per heavy atom. The molecule has 1 heterocycles. The summed E-state index contributed by atoms with van der Waals surface area (Å²) in [5, 5.41) is 13.9. The molecule has 1 N–H and O–H groups in total. The van der Waals surface area contributed by atoms with Crippen molar-refractivity contribution in [2.24, 2.45) is 0 Å². The smallest absolute Gasteiger partial charge is 0.0761 e. The highest BCUT2D eigenvalue weighted by molar-refractivity contribution is 7.98. The Labute approximate surface area is 118 Å². The summed E-state index contributed by atoms with van der Waals surface area (Å²) in [5.41, 5.74) is 3.28. The standard InChI is InChI=1S/C15H20N2OS/c1-4-17-14(9-11(2)16-17)10-19-15-7-5-13(6-8-15)12(3)18/h5-9,12,18H,4,10H2,1-3H3. The molecule has 0 spiro atoms. The number of benzene rings is 1. The van der Waals surface area contributed by atoms with Gasteiger partial charge in [-0.05, 0) is 44.5 Å². The monoisotopic (exact) mass is 276 g/mol. The van der Waals surface area contributed by atoms with Crippen LogP contribution in [0.1, 0.15) is 36.9 Å². The van der Waals surface area contributed by atoms with Gasteiger partial charge < -0.3 is 5.11 Å². The van der Waals surface area contributed by atoms with Crippen molar-refractivity contribution in [1.29, 1.82) is 0 Å². The van der Waals surface area contributed by atoms with Crippen molar-refractivity contribution >= 4 is 11.8 Å². The Morgan fingerprint density at radius 2 is 2.00 bits per heavy atom. The predicted molar refractivity (Wildman–Crippen MR) is 79.3 cm³/mol. The van der Waals surface area contributed by atoms with Gasteiger partial charge in [-0.25, -0.2) is 0 Å². The Hall–Kier alpha value is -1.26. The van der Waals surface area contributed by atoms with Crippen molar-refractivity contribution in [2.45, 2.75) is 44.1 Å². The summed E-state index contributed by atoms with van der Waals surface area (Å²) in [7, 11) is 0. The first-order valence-corrected chi connectivity index (χ1v) is 7.53. The fourth-order valence-electron chi connectivity index (χ4n) is 1.99. The van der Waals surface area contributed by atoms with E-state index in [1.807, 2.05) is 23.7 Å². The SMILES string of the molecule is CCn1nc(C)cc1CSc1ccc(C(C)O)cc1. The van der Waals surface area contributed by atoms with Gasteiger partial charge in [-0.15, -0.1) is 11.8 Å². The fourth-order valence-corrected chi connectivity index (χ4v) is 2.86. The van der Waals surface area contributed by atoms with E-state index >= 15 is 0 Å². The van der Waals surface area contributed by atoms with Crippen LogP contribution in [-0.2, 0) is 12.3 Å². The van der Waals surface area contributed by atoms with Gasteiger partial charge in [0.2, 0.25) is 0 Å². The lowest BCUT2D eigenvalue weighted by Gasteiger charge is -2.07. The van der Waals surface area contributed by atoms with Crippen LogP contribution in [-0.4, -0.2) is 14.9 Å². The molecule has 0 amide bonds. The van der Waals surface area contributed by atoms with Crippen LogP contribution in [0.3, 0.4) is 0 Å². The summed E-state index contributed by atoms with van der Waals surface area (Å²) in [6.45, 7) is 6.82. The van der Waals surface area contributed by atoms with Crippen molar-refractivity contribution in [3.8, 4) is 0 Å². The summed E-state index contributed by atoms with van der Waals surface area (Å²) in [5.74, 6) is 0.919. The van der Waals surface area contributed by atoms with Crippen molar-refractivity contribution in [3.05, 3.63) is 47.3 Å². The molecule has 1 atom stereocenters. The Morgan fingerprint density at radius 3 is 2.58 bits per heavy atom. The van der Waals surface area contributed by atoms with E-state index in [9.17, 15) is 5.11 Å². The maximum Gasteiger partial charge on any atom is 0.0761 e. The van der Waals surface area contributed by atoms with Gasteiger partial charge in [0.15, 0.2) is 0 Å². The summed E-state index contributed by atoms with van der Waals surface area (Å²) in [6.07, 6.45) is -0.400. The zero-order chi connectivity index (χ0) is 13.8. The zero-order valence-corrected chi connectivity index (χ0v) is 12.4. The number of aliphatic hydroxyl groups is 1. The molecule has 4 heteroatoms. The number of aromatic nitrogens is 2. The van der Waals surface area contributed by atoms with Crippen LogP contribution in [0.15, 0.2) is 35.2 Å². The summed E-state index contributed by atoms with van der Waals surface area (Å²) in [4.78, 5) is 1.21. The second-order valence-electron chi connectivity index (χ2n) is 4.63. The van der Waals surface area contributed by atoms with Gasteiger partial charge >= 0.3 is 0 Å². The molecule has 1 aromatic carbocycles. The molecule has 3 nitrogen and oxygen atoms in total. The normalized spacial score (nSPS) is 12.6. The van der Waals surface area contributed by atoms with E-state index < -0.39 is 6.10 Å². The molecule has 0 saturated carbocycles. The van der Waals surface area contributed by atoms with Crippen LogP contribution in [0.4, 0.5) is 0 Å². The third-order valence-corrected chi connectivity index (χ3v) is 4.08. The molecular formula is C15H20N2OS. The highest BCUT2D eigenvalue weighted by atomic mass is 32.2. The molecule has 0 radical (unpaired) electrons. The molecule has 19 heavy (non-hydrogen) atoms. The first kappa shape index (κ1) is 14.2. The van der Waals surface area contributed by atoms with E-state index in [0.29, 0.717) is 0 Å². The van der Waals surface area contributed by atoms with Crippen molar-refractivity contribution in [1.82, 2.24) is 9.78 Å². The number of aryl methyl sites for hydroxylation is 2. The van der Waals surface area contributed by atoms with Gasteiger partial charge in [-0.1, -0.05) is 12.1 Å². The van der Waals surface area contributed by atoms with Gasteiger partial charge in [-0.3, -0.25) is 4.68 Å². The lowest BCUT2D eigenvalue weighted by Crippen LogP contribution is -2.01. The molecule has 0 bridgehead atoms. The third-order valence-electron chi connectivity index (χ3n) is 3.03. The van der Waals surface area contributed by atoms with E-state index in [4.69, 9.17) is 0 Å². The number of aliphatic hydroxyl groups excluding tert-OH is 1. The number of nitrogens with zero attached hydrogens (tertiary/aromatic N) is 2. The molecule has 0 fully saturated rings. The summed E-state index contributed by atoms with van der Waals surface area (Å²) >= 11 is 1.79. The Bertz CT molecular complexity index is 532. The number of rotatable bonds is 5. The highest BCUT2D eigenvalue weighted by Gasteiger charge is 2.05. The second-order valence-corrected chi connectivity index (χ2v) is 5.68. The lowest BCUT2D eigenvalue weighted by atomic mass is 10.1. The molecule has 1 unspecified atom stereocenters. The number of hydrogen-bond donors (Lipinski definition) is 1. The van der Waals surface area contributed by atoms with Gasteiger partial charge in [0, 0.05) is 22.9 Å². The number of hydrogen-bond acceptors (Lipinski definition) is 3. The van der Waals surface area contributed by atoms with Crippen LogP contribution in [0.5, 0.6) is 0 Å². The van der Waals surface area contributed by atoms with Crippen molar-refractivity contribution < 1.29 is 5.11 Å². The minimum Gasteiger partial charge on any atom is -0.389 e. The van der Waals surface area contributed by atoms with E-state index in [1.54, 1.807) is 18.7 Å². The number of thioether (sulfide) groups is 1. The zero-order valence-electron chi connectivity index (χ0n) is 11.6. The fraction of sp³-hybridized carbons (Fsp3) is 0.400. The van der Waals surface area contributed by atoms with E-state index in [0.717, 1.165) is 23.6 Å². The van der Waals surface area contributed by atoms with Gasteiger partial charge in [0.25, 0.3) is 0 Å². The Balaban J connectivity index is 2.01. The van der Waals surface area contributed by atoms with E-state index in [1.165, 1.54) is 10.6 Å². The summed E-state index contributed by atoms with van der Waals surface area (Å²) < 4.78 is 2.05. The van der Waals surface area contributed by atoms with Crippen LogP contribution in [0.25, 0.3) is 0 Å². The maximum absolute atomic E-state index is 9.48. The van der Waals surface area contributed by atoms with Crippen LogP contribution in [0.2, 0.25) is 0 Å². The van der Waals surface area contributed by atoms with Gasteiger partial charge in [-0.2, -0.15) is 5.10 Å². The van der Waals surface area contributed by atoms with Crippen LogP contribution >= 0.6 is 11.8 Å². The third kappa shape index (κ3) is 3.61. The average Bonchev–Trinajstić information content (AvgIpc) is 2.77.